The molecule has 0 bridgehead atoms. The fourth-order valence-electron chi connectivity index (χ4n) is 2.80. The van der Waals surface area contributed by atoms with E-state index in [0.717, 1.165) is 23.2 Å². The van der Waals surface area contributed by atoms with Gasteiger partial charge in [0.25, 0.3) is 5.91 Å². The van der Waals surface area contributed by atoms with Crippen molar-refractivity contribution in [1.29, 1.82) is 0 Å². The van der Waals surface area contributed by atoms with Gasteiger partial charge in [-0.25, -0.2) is 4.39 Å². The number of carbonyl (C=O) groups is 2. The summed E-state index contributed by atoms with van der Waals surface area (Å²) in [5, 5.41) is 5.59. The van der Waals surface area contributed by atoms with Crippen LogP contribution in [0.3, 0.4) is 0 Å². The average Bonchev–Trinajstić information content (AvgIpc) is 2.61. The van der Waals surface area contributed by atoms with Crippen LogP contribution < -0.4 is 10.6 Å². The number of amides is 2. The third-order valence-corrected chi connectivity index (χ3v) is 4.34. The highest BCUT2D eigenvalue weighted by molar-refractivity contribution is 6.02. The molecule has 0 heterocycles. The molecule has 0 aromatic heterocycles. The first kappa shape index (κ1) is 19.6. The lowest BCUT2D eigenvalue weighted by molar-refractivity contribution is -0.118. The summed E-state index contributed by atoms with van der Waals surface area (Å²) in [6.07, 6.45) is 0.783. The van der Waals surface area contributed by atoms with E-state index in [9.17, 15) is 14.0 Å². The van der Waals surface area contributed by atoms with Gasteiger partial charge in [-0.05, 0) is 42.5 Å². The van der Waals surface area contributed by atoms with Gasteiger partial charge in [0.15, 0.2) is 0 Å². The minimum atomic E-state index is -0.772. The quantitative estimate of drug-likeness (QED) is 0.819. The molecule has 0 aliphatic heterocycles. The maximum Gasteiger partial charge on any atom is 0.254 e. The molecule has 2 aromatic rings. The lowest BCUT2D eigenvalue weighted by Gasteiger charge is -2.23. The number of hydrogen-bond donors (Lipinski definition) is 2. The number of halogens is 1. The van der Waals surface area contributed by atoms with Gasteiger partial charge in [0.05, 0.1) is 5.56 Å². The summed E-state index contributed by atoms with van der Waals surface area (Å²) in [6.45, 7) is 7.62. The number of anilines is 1. The van der Waals surface area contributed by atoms with Crippen molar-refractivity contribution in [2.75, 3.05) is 5.32 Å². The zero-order chi connectivity index (χ0) is 19.3. The number of carbonyl (C=O) groups excluding carboxylic acids is 2. The number of benzene rings is 2. The van der Waals surface area contributed by atoms with Gasteiger partial charge in [-0.15, -0.1) is 0 Å². The van der Waals surface area contributed by atoms with Gasteiger partial charge in [-0.3, -0.25) is 9.59 Å². The largest absolute Gasteiger partial charge is 0.340 e. The van der Waals surface area contributed by atoms with Crippen LogP contribution in [0, 0.1) is 18.7 Å². The van der Waals surface area contributed by atoms with Gasteiger partial charge in [-0.1, -0.05) is 51.1 Å². The van der Waals surface area contributed by atoms with E-state index < -0.39 is 17.8 Å². The molecule has 4 nitrogen and oxygen atoms in total. The minimum Gasteiger partial charge on any atom is -0.340 e. The third kappa shape index (κ3) is 4.48. The molecule has 0 aliphatic rings. The maximum atomic E-state index is 13.8. The molecular weight excluding hydrogens is 331 g/mol. The zero-order valence-electron chi connectivity index (χ0n) is 15.6. The van der Waals surface area contributed by atoms with Crippen LogP contribution in [0.1, 0.15) is 42.3 Å². The van der Waals surface area contributed by atoms with Gasteiger partial charge in [0.2, 0.25) is 5.91 Å². The first-order chi connectivity index (χ1) is 12.3. The number of rotatable bonds is 6. The molecule has 26 heavy (non-hydrogen) atoms. The molecule has 0 saturated heterocycles. The Hall–Kier alpha value is -2.69. The molecule has 5 heteroatoms. The normalized spacial score (nSPS) is 11.9. The summed E-state index contributed by atoms with van der Waals surface area (Å²) in [6, 6.07) is 10.8. The molecule has 0 unspecified atom stereocenters. The molecule has 2 rings (SSSR count). The van der Waals surface area contributed by atoms with Gasteiger partial charge in [0, 0.05) is 5.69 Å². The van der Waals surface area contributed by atoms with Crippen molar-refractivity contribution in [3.63, 3.8) is 0 Å². The molecule has 1 atom stereocenters. The second kappa shape index (κ2) is 8.61. The smallest absolute Gasteiger partial charge is 0.254 e. The van der Waals surface area contributed by atoms with Crippen LogP contribution in [-0.2, 0) is 11.2 Å². The van der Waals surface area contributed by atoms with E-state index in [1.807, 2.05) is 45.9 Å². The van der Waals surface area contributed by atoms with Crippen LogP contribution >= 0.6 is 0 Å². The Morgan fingerprint density at radius 3 is 2.38 bits per heavy atom. The Kier molecular flexibility index (Phi) is 6.50. The van der Waals surface area contributed by atoms with Crippen molar-refractivity contribution in [2.45, 2.75) is 40.2 Å². The zero-order valence-corrected chi connectivity index (χ0v) is 15.6. The lowest BCUT2D eigenvalue weighted by atomic mass is 10.0. The summed E-state index contributed by atoms with van der Waals surface area (Å²) < 4.78 is 13.8. The number of nitrogens with one attached hydrogen (secondary N) is 2. The van der Waals surface area contributed by atoms with E-state index in [2.05, 4.69) is 10.6 Å². The highest BCUT2D eigenvalue weighted by atomic mass is 19.1. The predicted octanol–water partition coefficient (Wildman–Crippen LogP) is 4.09. The Morgan fingerprint density at radius 2 is 1.77 bits per heavy atom. The van der Waals surface area contributed by atoms with Crippen LogP contribution in [-0.4, -0.2) is 17.9 Å². The van der Waals surface area contributed by atoms with E-state index in [1.165, 1.54) is 18.2 Å². The summed E-state index contributed by atoms with van der Waals surface area (Å²) >= 11 is 0. The molecule has 2 amide bonds. The van der Waals surface area contributed by atoms with Gasteiger partial charge in [0.1, 0.15) is 11.9 Å². The topological polar surface area (TPSA) is 58.2 Å². The third-order valence-electron chi connectivity index (χ3n) is 4.34. The fourth-order valence-corrected chi connectivity index (χ4v) is 2.80. The second-order valence-corrected chi connectivity index (χ2v) is 6.63. The van der Waals surface area contributed by atoms with E-state index >= 15 is 0 Å². The molecule has 0 saturated carbocycles. The Morgan fingerprint density at radius 1 is 1.08 bits per heavy atom. The minimum absolute atomic E-state index is 0.0731. The fraction of sp³-hybridized carbons (Fsp3) is 0.333. The SMILES string of the molecule is CCc1cccc(C)c1NC(=O)[C@@H](NC(=O)c1ccccc1F)C(C)C. The number of aryl methyl sites for hydroxylation is 2. The van der Waals surface area contributed by atoms with Crippen LogP contribution in [0.2, 0.25) is 0 Å². The summed E-state index contributed by atoms with van der Waals surface area (Å²) in [5.74, 6) is -1.67. The first-order valence-corrected chi connectivity index (χ1v) is 8.79. The first-order valence-electron chi connectivity index (χ1n) is 8.79. The van der Waals surface area contributed by atoms with Crippen molar-refractivity contribution in [3.8, 4) is 0 Å². The summed E-state index contributed by atoms with van der Waals surface area (Å²) in [7, 11) is 0. The Bertz CT molecular complexity index is 802. The van der Waals surface area contributed by atoms with Crippen LogP contribution in [0.4, 0.5) is 10.1 Å². The molecule has 2 aromatic carbocycles. The molecule has 138 valence electrons. The van der Waals surface area contributed by atoms with E-state index in [4.69, 9.17) is 0 Å². The molecule has 0 aliphatic carbocycles. The van der Waals surface area contributed by atoms with Crippen molar-refractivity contribution in [2.24, 2.45) is 5.92 Å². The molecule has 0 radical (unpaired) electrons. The van der Waals surface area contributed by atoms with Crippen molar-refractivity contribution in [3.05, 3.63) is 65.0 Å². The standard InChI is InChI=1S/C21H25FN2O2/c1-5-15-10-8-9-14(4)19(15)24-21(26)18(13(2)3)23-20(25)16-11-6-7-12-17(16)22/h6-13,18H,5H2,1-4H3,(H,23,25)(H,24,26)/t18-/m0/s1. The highest BCUT2D eigenvalue weighted by Gasteiger charge is 2.26. The Labute approximate surface area is 153 Å². The van der Waals surface area contributed by atoms with Gasteiger partial charge >= 0.3 is 0 Å². The van der Waals surface area contributed by atoms with E-state index in [0.29, 0.717) is 0 Å². The molecule has 0 fully saturated rings. The van der Waals surface area contributed by atoms with Gasteiger partial charge < -0.3 is 10.6 Å². The summed E-state index contributed by atoms with van der Waals surface area (Å²) in [4.78, 5) is 25.2. The average molecular weight is 356 g/mol. The van der Waals surface area contributed by atoms with Crippen molar-refractivity contribution >= 4 is 17.5 Å². The predicted molar refractivity (Wildman–Crippen MR) is 102 cm³/mol. The van der Waals surface area contributed by atoms with Crippen LogP contribution in [0.25, 0.3) is 0 Å². The monoisotopic (exact) mass is 356 g/mol. The van der Waals surface area contributed by atoms with Gasteiger partial charge in [-0.2, -0.15) is 0 Å². The van der Waals surface area contributed by atoms with E-state index in [-0.39, 0.29) is 17.4 Å². The maximum absolute atomic E-state index is 13.8. The number of hydrogen-bond acceptors (Lipinski definition) is 2. The highest BCUT2D eigenvalue weighted by Crippen LogP contribution is 2.22. The number of para-hydroxylation sites is 1. The van der Waals surface area contributed by atoms with E-state index in [1.54, 1.807) is 6.07 Å². The molecule has 0 spiro atoms. The summed E-state index contributed by atoms with van der Waals surface area (Å²) in [5.41, 5.74) is 2.68. The van der Waals surface area contributed by atoms with Crippen LogP contribution in [0.15, 0.2) is 42.5 Å². The lowest BCUT2D eigenvalue weighted by Crippen LogP contribution is -2.47. The Balaban J connectivity index is 2.21. The van der Waals surface area contributed by atoms with Crippen molar-refractivity contribution < 1.29 is 14.0 Å². The van der Waals surface area contributed by atoms with Crippen molar-refractivity contribution in [1.82, 2.24) is 5.32 Å². The molecular formula is C21H25FN2O2. The van der Waals surface area contributed by atoms with Crippen LogP contribution in [0.5, 0.6) is 0 Å². The second-order valence-electron chi connectivity index (χ2n) is 6.63. The molecule has 2 N–H and O–H groups in total.